The van der Waals surface area contributed by atoms with Crippen molar-refractivity contribution >= 4 is 34.8 Å². The highest BCUT2D eigenvalue weighted by Crippen LogP contribution is 2.39. The van der Waals surface area contributed by atoms with Gasteiger partial charge in [-0.2, -0.15) is 5.10 Å². The summed E-state index contributed by atoms with van der Waals surface area (Å²) in [4.78, 5) is 0. The van der Waals surface area contributed by atoms with Crippen molar-refractivity contribution in [1.82, 2.24) is 10.2 Å². The number of phenols is 1. The molecule has 4 aromatic rings. The predicted molar refractivity (Wildman–Crippen MR) is 117 cm³/mol. The summed E-state index contributed by atoms with van der Waals surface area (Å²) in [5.74, 6) is 0.568. The van der Waals surface area contributed by atoms with Crippen LogP contribution in [0.15, 0.2) is 66.9 Å². The molecular weight excluding hydrogens is 431 g/mol. The summed E-state index contributed by atoms with van der Waals surface area (Å²) in [6.45, 7) is 0.254. The maximum Gasteiger partial charge on any atom is 0.128 e. The fourth-order valence-corrected chi connectivity index (χ4v) is 3.69. The van der Waals surface area contributed by atoms with Gasteiger partial charge in [0.05, 0.1) is 11.9 Å². The van der Waals surface area contributed by atoms with Crippen LogP contribution >= 0.6 is 34.8 Å². The van der Waals surface area contributed by atoms with Crippen LogP contribution in [0.2, 0.25) is 15.1 Å². The number of nitrogens with zero attached hydrogens (tertiary/aromatic N) is 1. The molecule has 0 saturated heterocycles. The monoisotopic (exact) mass is 444 g/mol. The molecule has 146 valence electrons. The van der Waals surface area contributed by atoms with Crippen molar-refractivity contribution < 1.29 is 9.84 Å². The molecule has 0 aliphatic rings. The van der Waals surface area contributed by atoms with Gasteiger partial charge in [0.1, 0.15) is 18.1 Å². The Labute approximate surface area is 182 Å². The number of halogens is 3. The van der Waals surface area contributed by atoms with Crippen LogP contribution in [0, 0.1) is 0 Å². The number of hydrogen-bond acceptors (Lipinski definition) is 3. The summed E-state index contributed by atoms with van der Waals surface area (Å²) >= 11 is 18.4. The van der Waals surface area contributed by atoms with Crippen LogP contribution in [0.1, 0.15) is 5.56 Å². The molecule has 29 heavy (non-hydrogen) atoms. The lowest BCUT2D eigenvalue weighted by Crippen LogP contribution is -1.96. The summed E-state index contributed by atoms with van der Waals surface area (Å²) in [5, 5.41) is 19.3. The van der Waals surface area contributed by atoms with Gasteiger partial charge >= 0.3 is 0 Å². The highest BCUT2D eigenvalue weighted by Gasteiger charge is 2.16. The highest BCUT2D eigenvalue weighted by atomic mass is 35.5. The van der Waals surface area contributed by atoms with Crippen molar-refractivity contribution in [1.29, 1.82) is 0 Å². The lowest BCUT2D eigenvalue weighted by atomic mass is 10.0. The van der Waals surface area contributed by atoms with E-state index in [1.165, 1.54) is 0 Å². The first-order valence-corrected chi connectivity index (χ1v) is 9.84. The molecule has 7 heteroatoms. The van der Waals surface area contributed by atoms with E-state index in [9.17, 15) is 5.11 Å². The minimum atomic E-state index is 0.0576. The molecule has 0 aliphatic carbocycles. The molecule has 3 aromatic carbocycles. The van der Waals surface area contributed by atoms with E-state index in [4.69, 9.17) is 39.5 Å². The zero-order valence-corrected chi connectivity index (χ0v) is 17.3. The highest BCUT2D eigenvalue weighted by molar-refractivity contribution is 6.35. The number of aromatic amines is 1. The molecule has 0 amide bonds. The maximum absolute atomic E-state index is 10.6. The van der Waals surface area contributed by atoms with Crippen LogP contribution in [0.3, 0.4) is 0 Å². The zero-order valence-electron chi connectivity index (χ0n) is 15.0. The van der Waals surface area contributed by atoms with Crippen LogP contribution in [0.5, 0.6) is 11.5 Å². The van der Waals surface area contributed by atoms with Crippen molar-refractivity contribution in [2.45, 2.75) is 6.61 Å². The number of hydrogen-bond donors (Lipinski definition) is 2. The van der Waals surface area contributed by atoms with Crippen LogP contribution < -0.4 is 4.74 Å². The third-order valence-electron chi connectivity index (χ3n) is 4.45. The average Bonchev–Trinajstić information content (AvgIpc) is 3.17. The van der Waals surface area contributed by atoms with E-state index in [0.717, 1.165) is 16.7 Å². The molecule has 2 N–H and O–H groups in total. The van der Waals surface area contributed by atoms with Crippen molar-refractivity contribution in [3.63, 3.8) is 0 Å². The van der Waals surface area contributed by atoms with E-state index in [-0.39, 0.29) is 12.4 Å². The van der Waals surface area contributed by atoms with Gasteiger partial charge in [-0.25, -0.2) is 0 Å². The SMILES string of the molecule is Oc1cc(OCc2ccc(Cl)cc2Cl)ccc1-c1[nH]ncc1-c1ccccc1Cl. The molecule has 1 aromatic heterocycles. The van der Waals surface area contributed by atoms with Gasteiger partial charge in [0, 0.05) is 43.4 Å². The molecule has 1 heterocycles. The van der Waals surface area contributed by atoms with Crippen LogP contribution in [-0.2, 0) is 6.61 Å². The minimum absolute atomic E-state index is 0.0576. The van der Waals surface area contributed by atoms with Gasteiger partial charge in [-0.15, -0.1) is 0 Å². The Morgan fingerprint density at radius 3 is 2.45 bits per heavy atom. The fraction of sp³-hybridized carbons (Fsp3) is 0.0455. The molecule has 0 radical (unpaired) electrons. The Morgan fingerprint density at radius 2 is 1.69 bits per heavy atom. The van der Waals surface area contributed by atoms with Gasteiger partial charge in [0.15, 0.2) is 0 Å². The van der Waals surface area contributed by atoms with Gasteiger partial charge in [-0.05, 0) is 30.3 Å². The first-order valence-electron chi connectivity index (χ1n) is 8.71. The van der Waals surface area contributed by atoms with Crippen molar-refractivity contribution in [3.8, 4) is 33.9 Å². The molecule has 4 nitrogen and oxygen atoms in total. The predicted octanol–water partition coefficient (Wildman–Crippen LogP) is 6.99. The molecule has 0 unspecified atom stereocenters. The van der Waals surface area contributed by atoms with Crippen molar-refractivity contribution in [2.75, 3.05) is 0 Å². The van der Waals surface area contributed by atoms with Crippen LogP contribution in [0.4, 0.5) is 0 Å². The third-order valence-corrected chi connectivity index (χ3v) is 5.37. The van der Waals surface area contributed by atoms with E-state index >= 15 is 0 Å². The second-order valence-electron chi connectivity index (χ2n) is 6.34. The first-order chi connectivity index (χ1) is 14.0. The average molecular weight is 446 g/mol. The van der Waals surface area contributed by atoms with Gasteiger partial charge in [0.2, 0.25) is 0 Å². The molecule has 0 fully saturated rings. The van der Waals surface area contributed by atoms with Gasteiger partial charge in [0.25, 0.3) is 0 Å². The van der Waals surface area contributed by atoms with Gasteiger partial charge in [-0.1, -0.05) is 59.1 Å². The minimum Gasteiger partial charge on any atom is -0.507 e. The third kappa shape index (κ3) is 4.20. The Kier molecular flexibility index (Phi) is 5.67. The van der Waals surface area contributed by atoms with Gasteiger partial charge in [-0.3, -0.25) is 5.10 Å². The maximum atomic E-state index is 10.6. The number of nitrogens with one attached hydrogen (secondary N) is 1. The summed E-state index contributed by atoms with van der Waals surface area (Å²) in [5.41, 5.74) is 3.69. The molecule has 0 spiro atoms. The van der Waals surface area contributed by atoms with Crippen LogP contribution in [-0.4, -0.2) is 15.3 Å². The molecule has 0 aliphatic heterocycles. The summed E-state index contributed by atoms with van der Waals surface area (Å²) in [6.07, 6.45) is 1.68. The largest absolute Gasteiger partial charge is 0.507 e. The molecule has 0 atom stereocenters. The number of H-pyrrole nitrogens is 1. The number of aromatic nitrogens is 2. The fourth-order valence-electron chi connectivity index (χ4n) is 2.99. The zero-order chi connectivity index (χ0) is 20.4. The van der Waals surface area contributed by atoms with Crippen molar-refractivity contribution in [3.05, 3.63) is 87.5 Å². The smallest absolute Gasteiger partial charge is 0.128 e. The molecule has 0 saturated carbocycles. The number of aromatic hydroxyl groups is 1. The number of benzene rings is 3. The summed E-state index contributed by atoms with van der Waals surface area (Å²) in [7, 11) is 0. The lowest BCUT2D eigenvalue weighted by Gasteiger charge is -2.11. The Morgan fingerprint density at radius 1 is 0.862 bits per heavy atom. The second-order valence-corrected chi connectivity index (χ2v) is 7.59. The Balaban J connectivity index is 1.59. The summed E-state index contributed by atoms with van der Waals surface area (Å²) < 4.78 is 5.77. The Hall–Kier alpha value is -2.66. The number of ether oxygens (including phenoxy) is 1. The first kappa shape index (κ1) is 19.6. The summed E-state index contributed by atoms with van der Waals surface area (Å²) in [6, 6.07) is 17.8. The molecule has 4 rings (SSSR count). The standard InChI is InChI=1S/C22H15Cl3N2O2/c23-14-6-5-13(20(25)9-14)12-29-15-7-8-17(21(28)10-15)22-18(11-26-27-22)16-3-1-2-4-19(16)24/h1-11,28H,12H2,(H,26,27). The van der Waals surface area contributed by atoms with Crippen LogP contribution in [0.25, 0.3) is 22.4 Å². The topological polar surface area (TPSA) is 58.1 Å². The number of rotatable bonds is 5. The van der Waals surface area contributed by atoms with E-state index in [2.05, 4.69) is 10.2 Å². The normalized spacial score (nSPS) is 10.9. The second kappa shape index (κ2) is 8.37. The quantitative estimate of drug-likeness (QED) is 0.348. The van der Waals surface area contributed by atoms with Crippen molar-refractivity contribution in [2.24, 2.45) is 0 Å². The lowest BCUT2D eigenvalue weighted by molar-refractivity contribution is 0.304. The molecular formula is C22H15Cl3N2O2. The van der Waals surface area contributed by atoms with E-state index in [1.54, 1.807) is 42.6 Å². The van der Waals surface area contributed by atoms with E-state index in [1.807, 2.05) is 24.3 Å². The van der Waals surface area contributed by atoms with Gasteiger partial charge < -0.3 is 9.84 Å². The van der Waals surface area contributed by atoms with E-state index < -0.39 is 0 Å². The molecule has 0 bridgehead atoms. The van der Waals surface area contributed by atoms with E-state index in [0.29, 0.717) is 32.1 Å². The Bertz CT molecular complexity index is 1170. The number of phenolic OH excluding ortho intramolecular Hbond substituents is 1.